The lowest BCUT2D eigenvalue weighted by atomic mass is 10.1. The van der Waals surface area contributed by atoms with Gasteiger partial charge in [-0.15, -0.1) is 11.8 Å². The molecule has 0 aromatic heterocycles. The van der Waals surface area contributed by atoms with Crippen LogP contribution >= 0.6 is 11.8 Å². The van der Waals surface area contributed by atoms with E-state index in [1.165, 1.54) is 7.11 Å². The maximum atomic E-state index is 12.9. The number of carbonyl (C=O) groups excluding carboxylic acids is 2. The van der Waals surface area contributed by atoms with E-state index >= 15 is 0 Å². The zero-order valence-corrected chi connectivity index (χ0v) is 17.7. The van der Waals surface area contributed by atoms with Gasteiger partial charge in [0.15, 0.2) is 0 Å². The molecule has 3 aromatic carbocycles. The van der Waals surface area contributed by atoms with Crippen molar-refractivity contribution < 1.29 is 19.1 Å². The number of benzene rings is 3. The summed E-state index contributed by atoms with van der Waals surface area (Å²) in [6.45, 7) is 2.47. The lowest BCUT2D eigenvalue weighted by molar-refractivity contribution is 0.0602. The highest BCUT2D eigenvalue weighted by Gasteiger charge is 2.16. The number of rotatable bonds is 8. The molecule has 0 fully saturated rings. The second-order valence-corrected chi connectivity index (χ2v) is 7.40. The SMILES string of the molecule is CCOc1ccc(C(=O)Nc2ccccc2C(=O)OC)cc1CSc1ccccc1. The molecule has 0 bridgehead atoms. The van der Waals surface area contributed by atoms with Gasteiger partial charge in [-0.2, -0.15) is 0 Å². The van der Waals surface area contributed by atoms with Crippen molar-refractivity contribution in [1.29, 1.82) is 0 Å². The van der Waals surface area contributed by atoms with Crippen molar-refractivity contribution >= 4 is 29.3 Å². The Morgan fingerprint density at radius 1 is 0.967 bits per heavy atom. The van der Waals surface area contributed by atoms with Gasteiger partial charge in [0.25, 0.3) is 5.91 Å². The highest BCUT2D eigenvalue weighted by Crippen LogP contribution is 2.29. The molecule has 0 aliphatic rings. The molecule has 3 rings (SSSR count). The number of hydrogen-bond donors (Lipinski definition) is 1. The number of nitrogens with one attached hydrogen (secondary N) is 1. The number of thioether (sulfide) groups is 1. The molecule has 0 saturated carbocycles. The highest BCUT2D eigenvalue weighted by molar-refractivity contribution is 7.98. The molecule has 0 heterocycles. The topological polar surface area (TPSA) is 64.6 Å². The molecule has 5 nitrogen and oxygen atoms in total. The first-order valence-electron chi connectivity index (χ1n) is 9.54. The summed E-state index contributed by atoms with van der Waals surface area (Å²) < 4.78 is 10.5. The first kappa shape index (κ1) is 21.5. The third kappa shape index (κ3) is 5.42. The second kappa shape index (κ2) is 10.5. The third-order valence-electron chi connectivity index (χ3n) is 4.34. The van der Waals surface area contributed by atoms with Crippen molar-refractivity contribution in [2.24, 2.45) is 0 Å². The van der Waals surface area contributed by atoms with Gasteiger partial charge in [0.05, 0.1) is 25.0 Å². The van der Waals surface area contributed by atoms with E-state index in [0.717, 1.165) is 16.2 Å². The molecule has 0 aliphatic heterocycles. The van der Waals surface area contributed by atoms with Crippen LogP contribution in [0.5, 0.6) is 5.75 Å². The highest BCUT2D eigenvalue weighted by atomic mass is 32.2. The summed E-state index contributed by atoms with van der Waals surface area (Å²) in [5.41, 5.74) is 2.13. The number of ether oxygens (including phenoxy) is 2. The second-order valence-electron chi connectivity index (χ2n) is 6.35. The first-order chi connectivity index (χ1) is 14.6. The van der Waals surface area contributed by atoms with Crippen LogP contribution in [0.15, 0.2) is 77.7 Å². The van der Waals surface area contributed by atoms with Crippen LogP contribution in [-0.4, -0.2) is 25.6 Å². The van der Waals surface area contributed by atoms with E-state index < -0.39 is 5.97 Å². The molecular formula is C24H23NO4S. The van der Waals surface area contributed by atoms with Crippen LogP contribution in [0.1, 0.15) is 33.2 Å². The zero-order valence-electron chi connectivity index (χ0n) is 16.9. The normalized spacial score (nSPS) is 10.3. The predicted molar refractivity (Wildman–Crippen MR) is 119 cm³/mol. The quantitative estimate of drug-likeness (QED) is 0.389. The van der Waals surface area contributed by atoms with Crippen LogP contribution in [0.3, 0.4) is 0 Å². The summed E-state index contributed by atoms with van der Waals surface area (Å²) in [5, 5.41) is 2.81. The molecule has 1 N–H and O–H groups in total. The number of para-hydroxylation sites is 1. The first-order valence-corrected chi connectivity index (χ1v) is 10.5. The molecule has 0 atom stereocenters. The van der Waals surface area contributed by atoms with E-state index in [0.29, 0.717) is 29.2 Å². The molecule has 0 unspecified atom stereocenters. The minimum atomic E-state index is -0.502. The molecule has 0 spiro atoms. The number of anilines is 1. The molecule has 3 aromatic rings. The lowest BCUT2D eigenvalue weighted by Gasteiger charge is -2.13. The Balaban J connectivity index is 1.82. The summed E-state index contributed by atoms with van der Waals surface area (Å²) in [5.74, 6) is 0.615. The number of methoxy groups -OCH3 is 1. The van der Waals surface area contributed by atoms with E-state index in [1.54, 1.807) is 42.1 Å². The maximum absolute atomic E-state index is 12.9. The van der Waals surface area contributed by atoms with Crippen LogP contribution in [0.25, 0.3) is 0 Å². The molecular weight excluding hydrogens is 398 g/mol. The largest absolute Gasteiger partial charge is 0.494 e. The Morgan fingerprint density at radius 2 is 1.70 bits per heavy atom. The number of carbonyl (C=O) groups is 2. The van der Waals surface area contributed by atoms with Crippen LogP contribution < -0.4 is 10.1 Å². The Hall–Kier alpha value is -3.25. The van der Waals surface area contributed by atoms with Crippen molar-refractivity contribution in [3.63, 3.8) is 0 Å². The molecule has 30 heavy (non-hydrogen) atoms. The summed E-state index contributed by atoms with van der Waals surface area (Å²) in [4.78, 5) is 26.0. The number of amides is 1. The number of esters is 1. The fourth-order valence-corrected chi connectivity index (χ4v) is 3.78. The number of hydrogen-bond acceptors (Lipinski definition) is 5. The van der Waals surface area contributed by atoms with Gasteiger partial charge in [0, 0.05) is 21.8 Å². The molecule has 1 amide bonds. The van der Waals surface area contributed by atoms with Gasteiger partial charge in [0.2, 0.25) is 0 Å². The molecule has 0 radical (unpaired) electrons. The van der Waals surface area contributed by atoms with Gasteiger partial charge in [0.1, 0.15) is 5.75 Å². The van der Waals surface area contributed by atoms with E-state index in [4.69, 9.17) is 9.47 Å². The van der Waals surface area contributed by atoms with Gasteiger partial charge in [-0.25, -0.2) is 4.79 Å². The Bertz CT molecular complexity index is 1020. The summed E-state index contributed by atoms with van der Waals surface area (Å²) in [6, 6.07) is 22.2. The van der Waals surface area contributed by atoms with Gasteiger partial charge >= 0.3 is 5.97 Å². The lowest BCUT2D eigenvalue weighted by Crippen LogP contribution is -2.15. The van der Waals surface area contributed by atoms with Gasteiger partial charge in [-0.3, -0.25) is 4.79 Å². The average molecular weight is 422 g/mol. The van der Waals surface area contributed by atoms with Crippen LogP contribution in [0.4, 0.5) is 5.69 Å². The van der Waals surface area contributed by atoms with E-state index in [9.17, 15) is 9.59 Å². The standard InChI is InChI=1S/C24H23NO4S/c1-3-29-22-14-13-17(15-18(22)16-30-19-9-5-4-6-10-19)23(26)25-21-12-8-7-11-20(21)24(27)28-2/h4-15H,3,16H2,1-2H3,(H,25,26). The van der Waals surface area contributed by atoms with Crippen molar-refractivity contribution in [2.45, 2.75) is 17.6 Å². The van der Waals surface area contributed by atoms with Gasteiger partial charge in [-0.1, -0.05) is 30.3 Å². The maximum Gasteiger partial charge on any atom is 0.339 e. The molecule has 154 valence electrons. The van der Waals surface area contributed by atoms with Crippen molar-refractivity contribution in [2.75, 3.05) is 19.0 Å². The molecule has 6 heteroatoms. The Labute approximate surface area is 180 Å². The minimum absolute atomic E-state index is 0.305. The fraction of sp³-hybridized carbons (Fsp3) is 0.167. The van der Waals surface area contributed by atoms with Crippen molar-refractivity contribution in [1.82, 2.24) is 0 Å². The predicted octanol–water partition coefficient (Wildman–Crippen LogP) is 5.42. The van der Waals surface area contributed by atoms with E-state index in [1.807, 2.05) is 49.4 Å². The smallest absolute Gasteiger partial charge is 0.339 e. The Morgan fingerprint density at radius 3 is 2.43 bits per heavy atom. The average Bonchev–Trinajstić information content (AvgIpc) is 2.79. The molecule has 0 aliphatic carbocycles. The Kier molecular flexibility index (Phi) is 7.51. The summed E-state index contributed by atoms with van der Waals surface area (Å²) in [6.07, 6.45) is 0. The molecule has 0 saturated heterocycles. The van der Waals surface area contributed by atoms with Crippen LogP contribution in [0, 0.1) is 0 Å². The summed E-state index contributed by atoms with van der Waals surface area (Å²) >= 11 is 1.67. The van der Waals surface area contributed by atoms with E-state index in [-0.39, 0.29) is 5.91 Å². The van der Waals surface area contributed by atoms with E-state index in [2.05, 4.69) is 5.32 Å². The van der Waals surface area contributed by atoms with Gasteiger partial charge in [-0.05, 0) is 49.4 Å². The van der Waals surface area contributed by atoms with Crippen molar-refractivity contribution in [3.8, 4) is 5.75 Å². The zero-order chi connectivity index (χ0) is 21.3. The van der Waals surface area contributed by atoms with Crippen LogP contribution in [0.2, 0.25) is 0 Å². The van der Waals surface area contributed by atoms with Crippen LogP contribution in [-0.2, 0) is 10.5 Å². The third-order valence-corrected chi connectivity index (χ3v) is 5.40. The van der Waals surface area contributed by atoms with Gasteiger partial charge < -0.3 is 14.8 Å². The fourth-order valence-electron chi connectivity index (χ4n) is 2.88. The monoisotopic (exact) mass is 421 g/mol. The van der Waals surface area contributed by atoms with Crippen molar-refractivity contribution in [3.05, 3.63) is 89.5 Å². The minimum Gasteiger partial charge on any atom is -0.494 e. The summed E-state index contributed by atoms with van der Waals surface area (Å²) in [7, 11) is 1.31.